The highest BCUT2D eigenvalue weighted by molar-refractivity contribution is 7.71. The van der Waals surface area contributed by atoms with Crippen molar-refractivity contribution in [3.63, 3.8) is 0 Å². The quantitative estimate of drug-likeness (QED) is 0.528. The topological polar surface area (TPSA) is 64.1 Å². The molecule has 142 valence electrons. The Hall–Kier alpha value is -2.51. The van der Waals surface area contributed by atoms with Crippen LogP contribution in [-0.4, -0.2) is 28.6 Å². The van der Waals surface area contributed by atoms with Crippen LogP contribution in [-0.2, 0) is 6.54 Å². The van der Waals surface area contributed by atoms with Crippen LogP contribution in [0.2, 0.25) is 5.02 Å². The van der Waals surface area contributed by atoms with Crippen LogP contribution in [0.5, 0.6) is 11.5 Å². The van der Waals surface area contributed by atoms with Gasteiger partial charge in [0.1, 0.15) is 11.5 Å². The van der Waals surface area contributed by atoms with Crippen molar-refractivity contribution in [2.45, 2.75) is 19.9 Å². The Kier molecular flexibility index (Phi) is 6.36. The van der Waals surface area contributed by atoms with E-state index in [-0.39, 0.29) is 0 Å². The number of aromatic amines is 1. The molecule has 0 bridgehead atoms. The zero-order chi connectivity index (χ0) is 19.2. The lowest BCUT2D eigenvalue weighted by atomic mass is 10.2. The summed E-state index contributed by atoms with van der Waals surface area (Å²) in [5, 5.41) is 7.82. The van der Waals surface area contributed by atoms with Crippen LogP contribution in [0.4, 0.5) is 0 Å². The van der Waals surface area contributed by atoms with Crippen molar-refractivity contribution in [3.8, 4) is 22.9 Å². The summed E-state index contributed by atoms with van der Waals surface area (Å²) in [5.74, 6) is 2.14. The zero-order valence-electron chi connectivity index (χ0n) is 15.2. The molecule has 8 heteroatoms. The third-order valence-electron chi connectivity index (χ3n) is 3.93. The minimum Gasteiger partial charge on any atom is -0.496 e. The van der Waals surface area contributed by atoms with Crippen molar-refractivity contribution in [2.75, 3.05) is 19.1 Å². The molecule has 2 N–H and O–H groups in total. The summed E-state index contributed by atoms with van der Waals surface area (Å²) in [6, 6.07) is 13.2. The maximum atomic E-state index is 6.16. The van der Waals surface area contributed by atoms with E-state index in [1.807, 2.05) is 42.5 Å². The first-order valence-corrected chi connectivity index (χ1v) is 9.38. The van der Waals surface area contributed by atoms with E-state index in [0.717, 1.165) is 23.3 Å². The molecule has 0 atom stereocenters. The van der Waals surface area contributed by atoms with Gasteiger partial charge in [-0.25, -0.2) is 9.77 Å². The van der Waals surface area contributed by atoms with Gasteiger partial charge in [-0.15, -0.1) is 0 Å². The Morgan fingerprint density at radius 2 is 2.04 bits per heavy atom. The van der Waals surface area contributed by atoms with Gasteiger partial charge < -0.3 is 14.9 Å². The van der Waals surface area contributed by atoms with Crippen molar-refractivity contribution < 1.29 is 9.47 Å². The number of para-hydroxylation sites is 1. The van der Waals surface area contributed by atoms with Gasteiger partial charge in [0.05, 0.1) is 25.8 Å². The van der Waals surface area contributed by atoms with Crippen molar-refractivity contribution >= 4 is 23.8 Å². The van der Waals surface area contributed by atoms with E-state index >= 15 is 0 Å². The second-order valence-corrected chi connectivity index (χ2v) is 6.65. The van der Waals surface area contributed by atoms with Gasteiger partial charge in [-0.3, -0.25) is 0 Å². The lowest BCUT2D eigenvalue weighted by Gasteiger charge is -2.15. The van der Waals surface area contributed by atoms with E-state index in [0.29, 0.717) is 34.5 Å². The summed E-state index contributed by atoms with van der Waals surface area (Å²) in [6.07, 6.45) is 0.931. The predicted molar refractivity (Wildman–Crippen MR) is 110 cm³/mol. The van der Waals surface area contributed by atoms with Crippen LogP contribution < -0.4 is 14.9 Å². The van der Waals surface area contributed by atoms with Crippen molar-refractivity contribution in [3.05, 3.63) is 57.8 Å². The first kappa shape index (κ1) is 19.3. The molecule has 3 aromatic rings. The smallest absolute Gasteiger partial charge is 0.214 e. The predicted octanol–water partition coefficient (Wildman–Crippen LogP) is 4.80. The van der Waals surface area contributed by atoms with E-state index in [1.54, 1.807) is 11.8 Å². The van der Waals surface area contributed by atoms with Gasteiger partial charge in [0.15, 0.2) is 5.82 Å². The van der Waals surface area contributed by atoms with Crippen LogP contribution in [0.1, 0.15) is 18.9 Å². The minimum atomic E-state index is 0.453. The van der Waals surface area contributed by atoms with E-state index in [4.69, 9.17) is 33.3 Å². The third-order valence-corrected chi connectivity index (χ3v) is 4.44. The number of aromatic nitrogens is 3. The molecule has 0 saturated heterocycles. The molecule has 3 rings (SSSR count). The molecule has 0 aliphatic rings. The second kappa shape index (κ2) is 8.92. The van der Waals surface area contributed by atoms with Crippen molar-refractivity contribution in [1.82, 2.24) is 14.9 Å². The Morgan fingerprint density at radius 3 is 2.81 bits per heavy atom. The maximum absolute atomic E-state index is 6.16. The summed E-state index contributed by atoms with van der Waals surface area (Å²) in [5.41, 5.74) is 5.06. The number of H-pyrrole nitrogens is 1. The molecule has 0 radical (unpaired) electrons. The first-order valence-electron chi connectivity index (χ1n) is 8.60. The van der Waals surface area contributed by atoms with Crippen LogP contribution in [0.15, 0.2) is 42.5 Å². The number of benzene rings is 2. The van der Waals surface area contributed by atoms with Gasteiger partial charge in [0.2, 0.25) is 4.77 Å². The normalized spacial score (nSPS) is 10.6. The molecule has 1 aromatic heterocycles. The molecule has 0 fully saturated rings. The van der Waals surface area contributed by atoms with Crippen LogP contribution >= 0.6 is 23.8 Å². The number of hydrogen-bond acceptors (Lipinski definition) is 5. The molecule has 27 heavy (non-hydrogen) atoms. The number of nitrogens with zero attached hydrogens (tertiary/aromatic N) is 2. The molecule has 0 amide bonds. The Labute approximate surface area is 168 Å². The third kappa shape index (κ3) is 4.43. The van der Waals surface area contributed by atoms with Gasteiger partial charge in [0, 0.05) is 10.6 Å². The fourth-order valence-electron chi connectivity index (χ4n) is 2.66. The number of nitrogens with one attached hydrogen (secondary N) is 2. The SMILES string of the molecule is CCCOc1ccc(Cl)cc1CNn1c(-c2ccccc2OC)n[nH]c1=S. The average Bonchev–Trinajstić information content (AvgIpc) is 3.05. The highest BCUT2D eigenvalue weighted by atomic mass is 35.5. The first-order chi connectivity index (χ1) is 13.1. The Balaban J connectivity index is 1.89. The van der Waals surface area contributed by atoms with Crippen molar-refractivity contribution in [2.24, 2.45) is 0 Å². The highest BCUT2D eigenvalue weighted by Gasteiger charge is 2.14. The van der Waals surface area contributed by atoms with Crippen LogP contribution in [0.3, 0.4) is 0 Å². The van der Waals surface area contributed by atoms with Gasteiger partial charge in [-0.05, 0) is 49.0 Å². The van der Waals surface area contributed by atoms with E-state index < -0.39 is 0 Å². The largest absolute Gasteiger partial charge is 0.496 e. The highest BCUT2D eigenvalue weighted by Crippen LogP contribution is 2.28. The fraction of sp³-hybridized carbons (Fsp3) is 0.263. The molecule has 0 aliphatic carbocycles. The number of hydrogen-bond donors (Lipinski definition) is 2. The molecule has 6 nitrogen and oxygen atoms in total. The summed E-state index contributed by atoms with van der Waals surface area (Å²) < 4.78 is 13.4. The number of methoxy groups -OCH3 is 1. The van der Waals surface area contributed by atoms with E-state index in [2.05, 4.69) is 22.5 Å². The zero-order valence-corrected chi connectivity index (χ0v) is 16.7. The van der Waals surface area contributed by atoms with Gasteiger partial charge in [-0.2, -0.15) is 5.10 Å². The Bertz CT molecular complexity index is 970. The van der Waals surface area contributed by atoms with Crippen LogP contribution in [0, 0.1) is 4.77 Å². The summed E-state index contributed by atoms with van der Waals surface area (Å²) in [6.45, 7) is 3.18. The molecule has 0 unspecified atom stereocenters. The number of halogens is 1. The molecule has 1 heterocycles. The average molecular weight is 405 g/mol. The summed E-state index contributed by atoms with van der Waals surface area (Å²) in [7, 11) is 1.63. The monoisotopic (exact) mass is 404 g/mol. The lowest BCUT2D eigenvalue weighted by molar-refractivity contribution is 0.314. The maximum Gasteiger partial charge on any atom is 0.214 e. The minimum absolute atomic E-state index is 0.453. The number of ether oxygens (including phenoxy) is 2. The fourth-order valence-corrected chi connectivity index (χ4v) is 3.05. The van der Waals surface area contributed by atoms with Gasteiger partial charge in [0.25, 0.3) is 0 Å². The lowest BCUT2D eigenvalue weighted by Crippen LogP contribution is -2.17. The molecule has 2 aromatic carbocycles. The van der Waals surface area contributed by atoms with E-state index in [1.165, 1.54) is 0 Å². The molecular weight excluding hydrogens is 384 g/mol. The molecule has 0 aliphatic heterocycles. The molecule has 0 spiro atoms. The van der Waals surface area contributed by atoms with Crippen LogP contribution in [0.25, 0.3) is 11.4 Å². The van der Waals surface area contributed by atoms with Gasteiger partial charge in [-0.1, -0.05) is 30.7 Å². The van der Waals surface area contributed by atoms with Crippen molar-refractivity contribution in [1.29, 1.82) is 0 Å². The summed E-state index contributed by atoms with van der Waals surface area (Å²) >= 11 is 11.5. The molecular formula is C19H21ClN4O2S. The van der Waals surface area contributed by atoms with E-state index in [9.17, 15) is 0 Å². The second-order valence-electron chi connectivity index (χ2n) is 5.82. The van der Waals surface area contributed by atoms with Gasteiger partial charge >= 0.3 is 0 Å². The Morgan fingerprint density at radius 1 is 1.22 bits per heavy atom. The molecule has 0 saturated carbocycles. The standard InChI is InChI=1S/C19H21ClN4O2S/c1-3-10-26-16-9-8-14(20)11-13(16)12-21-24-18(22-23-19(24)27)15-6-4-5-7-17(15)25-2/h4-9,11,21H,3,10,12H2,1-2H3,(H,23,27). The number of rotatable bonds is 8. The summed E-state index contributed by atoms with van der Waals surface area (Å²) in [4.78, 5) is 0.